The van der Waals surface area contributed by atoms with Crippen molar-refractivity contribution in [1.29, 1.82) is 10.7 Å². The molecule has 0 spiro atoms. The highest BCUT2D eigenvalue weighted by Gasteiger charge is 2.40. The fourth-order valence-electron chi connectivity index (χ4n) is 3.79. The Hall–Kier alpha value is -4.01. The first-order valence-electron chi connectivity index (χ1n) is 9.76. The lowest BCUT2D eigenvalue weighted by atomic mass is 9.90. The molecule has 7 N–H and O–H groups in total. The highest BCUT2D eigenvalue weighted by atomic mass is 19.3. The Kier molecular flexibility index (Phi) is 6.62. The summed E-state index contributed by atoms with van der Waals surface area (Å²) in [6, 6.07) is 9.26. The van der Waals surface area contributed by atoms with Gasteiger partial charge in [-0.15, -0.1) is 0 Å². The third kappa shape index (κ3) is 4.21. The minimum Gasteiger partial charge on any atom is -0.399 e. The van der Waals surface area contributed by atoms with Crippen LogP contribution in [0.3, 0.4) is 0 Å². The van der Waals surface area contributed by atoms with Crippen LogP contribution >= 0.6 is 0 Å². The number of halogens is 2. The molecule has 0 saturated heterocycles. The van der Waals surface area contributed by atoms with Gasteiger partial charge >= 0.3 is 6.03 Å². The first kappa shape index (κ1) is 23.6. The number of allylic oxidation sites excluding steroid dienone is 1. The van der Waals surface area contributed by atoms with Crippen LogP contribution < -0.4 is 16.4 Å². The second-order valence-corrected chi connectivity index (χ2v) is 7.36. The molecule has 0 aromatic heterocycles. The Morgan fingerprint density at radius 1 is 1.30 bits per heavy atom. The highest BCUT2D eigenvalue weighted by molar-refractivity contribution is 6.07. The third-order valence-corrected chi connectivity index (χ3v) is 5.41. The molecule has 33 heavy (non-hydrogen) atoms. The number of amides is 2. The standard InChI is InChI=1S/C22H22F2N6O3/c1-11-18(26)19(15-6-5-12(9-25)7-16(15)17(32)10-31)30(22(28)33)21(27)29(11)14-4-2-3-13(8-14)20(23)24/h2-8,17,19-20,27,31-32H,10,26H2,1H3,(H2,28,33)/t17?,19-/m0/s1. The van der Waals surface area contributed by atoms with E-state index in [2.05, 4.69) is 0 Å². The van der Waals surface area contributed by atoms with Gasteiger partial charge in [-0.05, 0) is 42.3 Å². The van der Waals surface area contributed by atoms with Crippen molar-refractivity contribution in [2.24, 2.45) is 11.5 Å². The van der Waals surface area contributed by atoms with Crippen molar-refractivity contribution in [2.75, 3.05) is 11.5 Å². The number of aliphatic hydroxyl groups excluding tert-OH is 2. The molecule has 2 atom stereocenters. The van der Waals surface area contributed by atoms with Gasteiger partial charge in [0, 0.05) is 16.9 Å². The van der Waals surface area contributed by atoms with Gasteiger partial charge in [-0.3, -0.25) is 15.2 Å². The average molecular weight is 456 g/mol. The Balaban J connectivity index is 2.24. The van der Waals surface area contributed by atoms with Crippen LogP contribution in [0.2, 0.25) is 0 Å². The summed E-state index contributed by atoms with van der Waals surface area (Å²) in [6.07, 6.45) is -4.14. The van der Waals surface area contributed by atoms with Gasteiger partial charge in [0.15, 0.2) is 0 Å². The second-order valence-electron chi connectivity index (χ2n) is 7.36. The van der Waals surface area contributed by atoms with E-state index in [0.717, 1.165) is 4.90 Å². The maximum Gasteiger partial charge on any atom is 0.322 e. The van der Waals surface area contributed by atoms with Crippen LogP contribution in [0.4, 0.5) is 19.3 Å². The van der Waals surface area contributed by atoms with Crippen molar-refractivity contribution in [2.45, 2.75) is 25.5 Å². The van der Waals surface area contributed by atoms with E-state index >= 15 is 0 Å². The van der Waals surface area contributed by atoms with E-state index in [1.165, 1.54) is 47.4 Å². The number of aliphatic hydroxyl groups is 2. The second kappa shape index (κ2) is 9.23. The zero-order chi connectivity index (χ0) is 24.4. The lowest BCUT2D eigenvalue weighted by Crippen LogP contribution is -2.55. The summed E-state index contributed by atoms with van der Waals surface area (Å²) in [5.74, 6) is -0.445. The molecule has 1 aliphatic rings. The van der Waals surface area contributed by atoms with Crippen molar-refractivity contribution in [3.8, 4) is 6.07 Å². The number of rotatable bonds is 5. The molecule has 0 fully saturated rings. The maximum absolute atomic E-state index is 13.2. The van der Waals surface area contributed by atoms with Gasteiger partial charge in [0.25, 0.3) is 6.43 Å². The molecule has 11 heteroatoms. The van der Waals surface area contributed by atoms with Crippen LogP contribution in [0.5, 0.6) is 0 Å². The van der Waals surface area contributed by atoms with Crippen molar-refractivity contribution in [1.82, 2.24) is 4.90 Å². The predicted molar refractivity (Wildman–Crippen MR) is 116 cm³/mol. The van der Waals surface area contributed by atoms with Gasteiger partial charge in [-0.2, -0.15) is 5.26 Å². The van der Waals surface area contributed by atoms with Crippen LogP contribution in [-0.4, -0.2) is 33.7 Å². The highest BCUT2D eigenvalue weighted by Crippen LogP contribution is 2.39. The van der Waals surface area contributed by atoms with Gasteiger partial charge in [-0.25, -0.2) is 13.6 Å². The third-order valence-electron chi connectivity index (χ3n) is 5.41. The van der Waals surface area contributed by atoms with Gasteiger partial charge < -0.3 is 21.7 Å². The van der Waals surface area contributed by atoms with E-state index < -0.39 is 37.2 Å². The summed E-state index contributed by atoms with van der Waals surface area (Å²) in [6.45, 7) is 0.883. The molecule has 172 valence electrons. The van der Waals surface area contributed by atoms with Crippen molar-refractivity contribution in [3.63, 3.8) is 0 Å². The molecule has 2 amide bonds. The fourth-order valence-corrected chi connectivity index (χ4v) is 3.79. The number of nitrogens with one attached hydrogen (secondary N) is 1. The maximum atomic E-state index is 13.2. The number of guanidine groups is 1. The lowest BCUT2D eigenvalue weighted by molar-refractivity contribution is 0.0941. The number of carbonyl (C=O) groups is 1. The number of benzene rings is 2. The number of hydrogen-bond acceptors (Lipinski definition) is 6. The Labute approximate surface area is 188 Å². The molecular weight excluding hydrogens is 434 g/mol. The summed E-state index contributed by atoms with van der Waals surface area (Å²) < 4.78 is 26.5. The number of nitrogens with zero attached hydrogens (tertiary/aromatic N) is 3. The molecule has 1 unspecified atom stereocenters. The summed E-state index contributed by atoms with van der Waals surface area (Å²) in [5, 5.41) is 37.7. The summed E-state index contributed by atoms with van der Waals surface area (Å²) >= 11 is 0. The number of urea groups is 1. The normalized spacial score (nSPS) is 17.4. The first-order valence-corrected chi connectivity index (χ1v) is 9.76. The molecule has 0 aliphatic carbocycles. The van der Waals surface area contributed by atoms with Gasteiger partial charge in [-0.1, -0.05) is 18.2 Å². The number of nitriles is 1. The lowest BCUT2D eigenvalue weighted by Gasteiger charge is -2.43. The number of nitrogens with two attached hydrogens (primary N) is 2. The molecule has 1 heterocycles. The molecule has 0 radical (unpaired) electrons. The Morgan fingerprint density at radius 2 is 2.00 bits per heavy atom. The minimum atomic E-state index is -2.74. The molecule has 0 bridgehead atoms. The smallest absolute Gasteiger partial charge is 0.322 e. The van der Waals surface area contributed by atoms with Crippen molar-refractivity contribution >= 4 is 17.7 Å². The molecule has 9 nitrogen and oxygen atoms in total. The van der Waals surface area contributed by atoms with E-state index in [1.807, 2.05) is 6.07 Å². The predicted octanol–water partition coefficient (Wildman–Crippen LogP) is 2.59. The van der Waals surface area contributed by atoms with Gasteiger partial charge in [0.1, 0.15) is 12.1 Å². The van der Waals surface area contributed by atoms with Crippen LogP contribution in [-0.2, 0) is 0 Å². The summed E-state index contributed by atoms with van der Waals surface area (Å²) in [4.78, 5) is 14.5. The summed E-state index contributed by atoms with van der Waals surface area (Å²) in [5.41, 5.74) is 12.8. The number of alkyl halides is 2. The van der Waals surface area contributed by atoms with Gasteiger partial charge in [0.05, 0.1) is 23.9 Å². The summed E-state index contributed by atoms with van der Waals surface area (Å²) in [7, 11) is 0. The van der Waals surface area contributed by atoms with Crippen molar-refractivity contribution < 1.29 is 23.8 Å². The van der Waals surface area contributed by atoms with Crippen LogP contribution in [0.15, 0.2) is 53.9 Å². The number of carbonyl (C=O) groups excluding carboxylic acids is 1. The van der Waals surface area contributed by atoms with E-state index in [4.69, 9.17) is 16.9 Å². The first-order chi connectivity index (χ1) is 15.6. The molecular formula is C22H22F2N6O3. The van der Waals surface area contributed by atoms with Crippen LogP contribution in [0.1, 0.15) is 47.7 Å². The number of primary amides is 1. The number of anilines is 1. The van der Waals surface area contributed by atoms with E-state index in [1.54, 1.807) is 6.92 Å². The molecule has 3 rings (SSSR count). The Bertz CT molecular complexity index is 1180. The largest absolute Gasteiger partial charge is 0.399 e. The SMILES string of the molecule is CC1=C(N)[C@H](c2ccc(C#N)cc2C(O)CO)N(C(N)=O)C(=N)N1c1cccc(C(F)F)c1. The fraction of sp³-hybridized carbons (Fsp3) is 0.227. The quantitative estimate of drug-likeness (QED) is 0.464. The molecule has 0 saturated carbocycles. The van der Waals surface area contributed by atoms with E-state index in [9.17, 15) is 29.1 Å². The number of hydrogen-bond donors (Lipinski definition) is 5. The van der Waals surface area contributed by atoms with Gasteiger partial charge in [0.2, 0.25) is 5.96 Å². The average Bonchev–Trinajstić information content (AvgIpc) is 2.80. The minimum absolute atomic E-state index is 0.0587. The Morgan fingerprint density at radius 3 is 2.58 bits per heavy atom. The van der Waals surface area contributed by atoms with E-state index in [0.29, 0.717) is 0 Å². The topological polar surface area (TPSA) is 164 Å². The van der Waals surface area contributed by atoms with E-state index in [-0.39, 0.29) is 39.3 Å². The molecule has 2 aromatic rings. The molecule has 2 aromatic carbocycles. The zero-order valence-electron chi connectivity index (χ0n) is 17.5. The van der Waals surface area contributed by atoms with Crippen LogP contribution in [0.25, 0.3) is 0 Å². The van der Waals surface area contributed by atoms with Crippen LogP contribution in [0, 0.1) is 16.7 Å². The van der Waals surface area contributed by atoms with Crippen molar-refractivity contribution in [3.05, 3.63) is 76.1 Å². The zero-order valence-corrected chi connectivity index (χ0v) is 17.5. The monoisotopic (exact) mass is 456 g/mol. The molecule has 1 aliphatic heterocycles.